The lowest BCUT2D eigenvalue weighted by molar-refractivity contribution is -0.138. The molecular weight excluding hydrogens is 370 g/mol. The minimum Gasteiger partial charge on any atom is -0.197 e. The molecule has 27 heavy (non-hydrogen) atoms. The van der Waals surface area contributed by atoms with Gasteiger partial charge in [-0.15, -0.1) is 0 Å². The summed E-state index contributed by atoms with van der Waals surface area (Å²) in [5, 5.41) is 18.9. The second kappa shape index (κ2) is 7.32. The van der Waals surface area contributed by atoms with Crippen molar-refractivity contribution in [3.8, 4) is 12.1 Å². The molecular formula is C19H12F6N2. The van der Waals surface area contributed by atoms with Gasteiger partial charge in [-0.25, -0.2) is 0 Å². The molecule has 2 nitrogen and oxygen atoms in total. The normalized spacial score (nSPS) is 12.3. The van der Waals surface area contributed by atoms with Gasteiger partial charge in [-0.2, -0.15) is 36.9 Å². The third kappa shape index (κ3) is 5.01. The number of nitrogens with zero attached hydrogens (tertiary/aromatic N) is 2. The van der Waals surface area contributed by atoms with Crippen LogP contribution in [0.25, 0.3) is 0 Å². The smallest absolute Gasteiger partial charge is 0.197 e. The number of benzene rings is 2. The van der Waals surface area contributed by atoms with Gasteiger partial charge >= 0.3 is 12.4 Å². The van der Waals surface area contributed by atoms with Crippen LogP contribution in [0.1, 0.15) is 22.3 Å². The summed E-state index contributed by atoms with van der Waals surface area (Å²) in [4.78, 5) is 0. The first-order valence-corrected chi connectivity index (χ1v) is 7.64. The Hall–Kier alpha value is -3.00. The zero-order valence-electron chi connectivity index (χ0n) is 13.7. The predicted octanol–water partition coefficient (Wildman–Crippen LogP) is 5.54. The molecule has 8 heteroatoms. The lowest BCUT2D eigenvalue weighted by Crippen LogP contribution is -2.23. The van der Waals surface area contributed by atoms with E-state index in [1.807, 2.05) is 12.1 Å². The van der Waals surface area contributed by atoms with Crippen LogP contribution in [0.4, 0.5) is 26.3 Å². The molecule has 0 aromatic heterocycles. The molecule has 0 bridgehead atoms. The highest BCUT2D eigenvalue weighted by Gasteiger charge is 2.34. The Labute approximate surface area is 151 Å². The molecule has 0 heterocycles. The maximum absolute atomic E-state index is 12.6. The van der Waals surface area contributed by atoms with Crippen molar-refractivity contribution in [1.82, 2.24) is 0 Å². The zero-order valence-corrected chi connectivity index (χ0v) is 13.7. The van der Waals surface area contributed by atoms with Gasteiger partial charge in [0.15, 0.2) is 5.41 Å². The molecule has 0 fully saturated rings. The fourth-order valence-corrected chi connectivity index (χ4v) is 2.57. The van der Waals surface area contributed by atoms with E-state index in [9.17, 15) is 36.9 Å². The molecule has 0 aliphatic rings. The largest absolute Gasteiger partial charge is 0.416 e. The quantitative estimate of drug-likeness (QED) is 0.652. The van der Waals surface area contributed by atoms with Crippen LogP contribution < -0.4 is 0 Å². The van der Waals surface area contributed by atoms with Gasteiger partial charge in [0.05, 0.1) is 23.3 Å². The lowest BCUT2D eigenvalue weighted by atomic mass is 9.79. The van der Waals surface area contributed by atoms with E-state index in [0.717, 1.165) is 24.3 Å². The van der Waals surface area contributed by atoms with Crippen molar-refractivity contribution in [3.63, 3.8) is 0 Å². The highest BCUT2D eigenvalue weighted by Crippen LogP contribution is 2.33. The van der Waals surface area contributed by atoms with E-state index in [0.29, 0.717) is 11.1 Å². The van der Waals surface area contributed by atoms with Gasteiger partial charge in [0.1, 0.15) is 0 Å². The molecule has 0 unspecified atom stereocenters. The average molecular weight is 382 g/mol. The SMILES string of the molecule is N#CC(C#N)(Cc1ccc(C(F)(F)F)cc1)Cc1ccc(C(F)(F)F)cc1. The number of nitriles is 2. The highest BCUT2D eigenvalue weighted by atomic mass is 19.4. The molecule has 0 radical (unpaired) electrons. The topological polar surface area (TPSA) is 47.6 Å². The van der Waals surface area contributed by atoms with Gasteiger partial charge < -0.3 is 0 Å². The van der Waals surface area contributed by atoms with Crippen LogP contribution in [0, 0.1) is 28.1 Å². The number of hydrogen-bond acceptors (Lipinski definition) is 2. The van der Waals surface area contributed by atoms with Crippen molar-refractivity contribution < 1.29 is 26.3 Å². The van der Waals surface area contributed by atoms with Crippen LogP contribution in [0.2, 0.25) is 0 Å². The summed E-state index contributed by atoms with van der Waals surface area (Å²) in [7, 11) is 0. The average Bonchev–Trinajstić information content (AvgIpc) is 2.60. The van der Waals surface area contributed by atoms with Crippen LogP contribution in [0.15, 0.2) is 48.5 Å². The van der Waals surface area contributed by atoms with Crippen LogP contribution in [-0.4, -0.2) is 0 Å². The fourth-order valence-electron chi connectivity index (χ4n) is 2.57. The maximum atomic E-state index is 12.6. The van der Waals surface area contributed by atoms with E-state index < -0.39 is 28.9 Å². The molecule has 0 amide bonds. The summed E-state index contributed by atoms with van der Waals surface area (Å²) >= 11 is 0. The number of alkyl halides is 6. The molecule has 140 valence electrons. The first kappa shape index (κ1) is 20.3. The minimum absolute atomic E-state index is 0.154. The Kier molecular flexibility index (Phi) is 5.51. The number of rotatable bonds is 4. The maximum Gasteiger partial charge on any atom is 0.416 e. The van der Waals surface area contributed by atoms with Crippen molar-refractivity contribution in [2.24, 2.45) is 5.41 Å². The fraction of sp³-hybridized carbons (Fsp3) is 0.263. The summed E-state index contributed by atoms with van der Waals surface area (Å²) in [6.45, 7) is 0. The van der Waals surface area contributed by atoms with Crippen LogP contribution >= 0.6 is 0 Å². The molecule has 2 aromatic rings. The zero-order chi connectivity index (χ0) is 20.3. The van der Waals surface area contributed by atoms with Crippen molar-refractivity contribution in [2.75, 3.05) is 0 Å². The summed E-state index contributed by atoms with van der Waals surface area (Å²) < 4.78 is 75.7. The summed E-state index contributed by atoms with van der Waals surface area (Å²) in [6, 6.07) is 11.8. The summed E-state index contributed by atoms with van der Waals surface area (Å²) in [5.41, 5.74) is -2.63. The number of halogens is 6. The number of hydrogen-bond donors (Lipinski definition) is 0. The standard InChI is InChI=1S/C19H12F6N2/c20-18(21,22)15-5-1-13(2-6-15)9-17(11-26,12-27)10-14-3-7-16(8-4-14)19(23,24)25/h1-8H,9-10H2. The van der Waals surface area contributed by atoms with Gasteiger partial charge in [0.2, 0.25) is 0 Å². The van der Waals surface area contributed by atoms with E-state index in [-0.39, 0.29) is 12.8 Å². The Morgan fingerprint density at radius 1 is 0.593 bits per heavy atom. The van der Waals surface area contributed by atoms with E-state index in [1.165, 1.54) is 24.3 Å². The van der Waals surface area contributed by atoms with Crippen LogP contribution in [0.3, 0.4) is 0 Å². The second-order valence-corrected chi connectivity index (χ2v) is 6.05. The van der Waals surface area contributed by atoms with Gasteiger partial charge in [-0.05, 0) is 35.4 Å². The van der Waals surface area contributed by atoms with Crippen molar-refractivity contribution in [2.45, 2.75) is 25.2 Å². The second-order valence-electron chi connectivity index (χ2n) is 6.05. The van der Waals surface area contributed by atoms with Gasteiger partial charge in [-0.1, -0.05) is 24.3 Å². The van der Waals surface area contributed by atoms with Gasteiger partial charge in [0.25, 0.3) is 0 Å². The summed E-state index contributed by atoms with van der Waals surface area (Å²) in [5.74, 6) is 0. The minimum atomic E-state index is -4.50. The Morgan fingerprint density at radius 3 is 1.11 bits per heavy atom. The molecule has 0 spiro atoms. The molecule has 0 saturated carbocycles. The van der Waals surface area contributed by atoms with Gasteiger partial charge in [-0.3, -0.25) is 0 Å². The third-order valence-electron chi connectivity index (χ3n) is 4.00. The van der Waals surface area contributed by atoms with E-state index >= 15 is 0 Å². The molecule has 0 N–H and O–H groups in total. The first-order valence-electron chi connectivity index (χ1n) is 7.64. The van der Waals surface area contributed by atoms with Crippen molar-refractivity contribution in [1.29, 1.82) is 10.5 Å². The molecule has 0 aliphatic heterocycles. The Bertz CT molecular complexity index is 790. The molecule has 0 saturated heterocycles. The predicted molar refractivity (Wildman–Crippen MR) is 84.0 cm³/mol. The van der Waals surface area contributed by atoms with E-state index in [1.54, 1.807) is 0 Å². The summed E-state index contributed by atoms with van der Waals surface area (Å²) in [6.07, 6.45) is -9.31. The third-order valence-corrected chi connectivity index (χ3v) is 4.00. The van der Waals surface area contributed by atoms with Crippen molar-refractivity contribution in [3.05, 3.63) is 70.8 Å². The molecule has 2 aromatic carbocycles. The monoisotopic (exact) mass is 382 g/mol. The van der Waals surface area contributed by atoms with E-state index in [2.05, 4.69) is 0 Å². The Morgan fingerprint density at radius 2 is 0.889 bits per heavy atom. The van der Waals surface area contributed by atoms with E-state index in [4.69, 9.17) is 0 Å². The lowest BCUT2D eigenvalue weighted by Gasteiger charge is -2.19. The molecule has 2 rings (SSSR count). The molecule has 0 atom stereocenters. The molecule has 0 aliphatic carbocycles. The highest BCUT2D eigenvalue weighted by molar-refractivity contribution is 5.33. The Balaban J connectivity index is 2.23. The first-order chi connectivity index (χ1) is 12.5. The van der Waals surface area contributed by atoms with Crippen LogP contribution in [0.5, 0.6) is 0 Å². The van der Waals surface area contributed by atoms with Crippen molar-refractivity contribution >= 4 is 0 Å². The van der Waals surface area contributed by atoms with Crippen LogP contribution in [-0.2, 0) is 25.2 Å². The van der Waals surface area contributed by atoms with Gasteiger partial charge in [0, 0.05) is 12.8 Å².